The van der Waals surface area contributed by atoms with Gasteiger partial charge < -0.3 is 10.4 Å². The van der Waals surface area contributed by atoms with E-state index in [9.17, 15) is 14.7 Å². The molecular formula is C14H19NO3. The minimum atomic E-state index is -1.04. The largest absolute Gasteiger partial charge is 0.479 e. The lowest BCUT2D eigenvalue weighted by molar-refractivity contribution is -0.142. The van der Waals surface area contributed by atoms with Crippen LogP contribution in [0.25, 0.3) is 0 Å². The van der Waals surface area contributed by atoms with Crippen LogP contribution in [0.4, 0.5) is 0 Å². The standard InChI is InChI=1S/C14H19NO3/c1-3-7-10(2)13(16)15-12(14(17)18)11-8-5-4-6-9-11/h4-6,8-10,12H,3,7H2,1-2H3,(H,15,16)(H,17,18)/t10?,12-/m1/s1. The van der Waals surface area contributed by atoms with Crippen LogP contribution in [0.1, 0.15) is 38.3 Å². The van der Waals surface area contributed by atoms with E-state index in [1.807, 2.05) is 19.9 Å². The molecular weight excluding hydrogens is 230 g/mol. The second-order valence-electron chi connectivity index (χ2n) is 4.38. The minimum absolute atomic E-state index is 0.166. The van der Waals surface area contributed by atoms with Gasteiger partial charge in [-0.05, 0) is 12.0 Å². The van der Waals surface area contributed by atoms with E-state index in [2.05, 4.69) is 5.32 Å². The second kappa shape index (κ2) is 6.79. The van der Waals surface area contributed by atoms with E-state index in [1.165, 1.54) is 0 Å². The van der Waals surface area contributed by atoms with E-state index in [1.54, 1.807) is 24.3 Å². The molecule has 0 fully saturated rings. The highest BCUT2D eigenvalue weighted by Gasteiger charge is 2.23. The van der Waals surface area contributed by atoms with E-state index >= 15 is 0 Å². The Bertz CT molecular complexity index is 403. The predicted octanol–water partition coefficient (Wildman–Crippen LogP) is 2.36. The monoisotopic (exact) mass is 249 g/mol. The van der Waals surface area contributed by atoms with Crippen molar-refractivity contribution in [1.82, 2.24) is 5.32 Å². The first-order valence-electron chi connectivity index (χ1n) is 6.14. The maximum absolute atomic E-state index is 11.8. The van der Waals surface area contributed by atoms with Crippen LogP contribution in [-0.2, 0) is 9.59 Å². The quantitative estimate of drug-likeness (QED) is 0.813. The number of amides is 1. The zero-order chi connectivity index (χ0) is 13.5. The van der Waals surface area contributed by atoms with Crippen molar-refractivity contribution in [2.24, 2.45) is 5.92 Å². The van der Waals surface area contributed by atoms with Crippen molar-refractivity contribution < 1.29 is 14.7 Å². The molecule has 0 heterocycles. The first kappa shape index (κ1) is 14.2. The molecule has 0 aliphatic rings. The fraction of sp³-hybridized carbons (Fsp3) is 0.429. The number of carbonyl (C=O) groups is 2. The maximum Gasteiger partial charge on any atom is 0.330 e. The molecule has 0 radical (unpaired) electrons. The van der Waals surface area contributed by atoms with Crippen molar-refractivity contribution in [3.05, 3.63) is 35.9 Å². The zero-order valence-electron chi connectivity index (χ0n) is 10.7. The van der Waals surface area contributed by atoms with E-state index in [-0.39, 0.29) is 11.8 Å². The molecule has 4 nitrogen and oxygen atoms in total. The maximum atomic E-state index is 11.8. The Morgan fingerprint density at radius 1 is 1.28 bits per heavy atom. The summed E-state index contributed by atoms with van der Waals surface area (Å²) in [7, 11) is 0. The Hall–Kier alpha value is -1.84. The normalized spacial score (nSPS) is 13.7. The molecule has 1 aromatic rings. The molecule has 0 saturated carbocycles. The Morgan fingerprint density at radius 3 is 2.39 bits per heavy atom. The first-order valence-corrected chi connectivity index (χ1v) is 6.14. The number of hydrogen-bond acceptors (Lipinski definition) is 2. The lowest BCUT2D eigenvalue weighted by atomic mass is 10.0. The Kier molecular flexibility index (Phi) is 5.36. The summed E-state index contributed by atoms with van der Waals surface area (Å²) in [5.41, 5.74) is 0.585. The summed E-state index contributed by atoms with van der Waals surface area (Å²) in [5.74, 6) is -1.42. The van der Waals surface area contributed by atoms with Gasteiger partial charge in [0.15, 0.2) is 6.04 Å². The van der Waals surface area contributed by atoms with Crippen molar-refractivity contribution in [1.29, 1.82) is 0 Å². The lowest BCUT2D eigenvalue weighted by Gasteiger charge is -2.17. The summed E-state index contributed by atoms with van der Waals surface area (Å²) in [6.07, 6.45) is 1.66. The molecule has 0 aromatic heterocycles. The van der Waals surface area contributed by atoms with Gasteiger partial charge in [-0.25, -0.2) is 4.79 Å². The molecule has 0 saturated heterocycles. The van der Waals surface area contributed by atoms with Crippen LogP contribution >= 0.6 is 0 Å². The van der Waals surface area contributed by atoms with Crippen molar-refractivity contribution in [3.63, 3.8) is 0 Å². The number of benzene rings is 1. The van der Waals surface area contributed by atoms with Gasteiger partial charge in [-0.3, -0.25) is 4.79 Å². The number of hydrogen-bond donors (Lipinski definition) is 2. The molecule has 1 amide bonds. The third-order valence-corrected chi connectivity index (χ3v) is 2.84. The Labute approximate surface area is 107 Å². The molecule has 1 rings (SSSR count). The van der Waals surface area contributed by atoms with Crippen molar-refractivity contribution >= 4 is 11.9 Å². The summed E-state index contributed by atoms with van der Waals surface area (Å²) in [5, 5.41) is 11.8. The van der Waals surface area contributed by atoms with E-state index in [0.717, 1.165) is 12.8 Å². The van der Waals surface area contributed by atoms with Crippen molar-refractivity contribution in [2.45, 2.75) is 32.7 Å². The van der Waals surface area contributed by atoms with Gasteiger partial charge >= 0.3 is 5.97 Å². The third kappa shape index (κ3) is 3.87. The van der Waals surface area contributed by atoms with Gasteiger partial charge in [0, 0.05) is 5.92 Å². The summed E-state index contributed by atoms with van der Waals surface area (Å²) in [6.45, 7) is 3.80. The fourth-order valence-electron chi connectivity index (χ4n) is 1.78. The Balaban J connectivity index is 2.76. The molecule has 0 bridgehead atoms. The Morgan fingerprint density at radius 2 is 1.89 bits per heavy atom. The van der Waals surface area contributed by atoms with Crippen LogP contribution in [0.2, 0.25) is 0 Å². The van der Waals surface area contributed by atoms with Gasteiger partial charge in [-0.15, -0.1) is 0 Å². The van der Waals surface area contributed by atoms with E-state index in [4.69, 9.17) is 0 Å². The van der Waals surface area contributed by atoms with E-state index < -0.39 is 12.0 Å². The van der Waals surface area contributed by atoms with E-state index in [0.29, 0.717) is 5.56 Å². The van der Waals surface area contributed by atoms with Gasteiger partial charge in [-0.2, -0.15) is 0 Å². The molecule has 1 aromatic carbocycles. The lowest BCUT2D eigenvalue weighted by Crippen LogP contribution is -2.36. The summed E-state index contributed by atoms with van der Waals surface area (Å²) in [4.78, 5) is 23.0. The van der Waals surface area contributed by atoms with Crippen LogP contribution in [0, 0.1) is 5.92 Å². The number of nitrogens with one attached hydrogen (secondary N) is 1. The van der Waals surface area contributed by atoms with Crippen LogP contribution in [0.5, 0.6) is 0 Å². The first-order chi connectivity index (χ1) is 8.56. The SMILES string of the molecule is CCCC(C)C(=O)N[C@@H](C(=O)O)c1ccccc1. The number of aliphatic carboxylic acids is 1. The topological polar surface area (TPSA) is 66.4 Å². The number of carboxylic acids is 1. The molecule has 2 atom stereocenters. The van der Waals surface area contributed by atoms with Gasteiger partial charge in [0.25, 0.3) is 0 Å². The number of carbonyl (C=O) groups excluding carboxylic acids is 1. The van der Waals surface area contributed by atoms with Crippen LogP contribution < -0.4 is 5.32 Å². The number of rotatable bonds is 6. The smallest absolute Gasteiger partial charge is 0.330 e. The van der Waals surface area contributed by atoms with Crippen molar-refractivity contribution in [2.75, 3.05) is 0 Å². The number of carboxylic acid groups (broad SMARTS) is 1. The van der Waals surface area contributed by atoms with Crippen LogP contribution in [0.15, 0.2) is 30.3 Å². The molecule has 4 heteroatoms. The molecule has 0 aliphatic carbocycles. The molecule has 1 unspecified atom stereocenters. The highest BCUT2D eigenvalue weighted by atomic mass is 16.4. The molecule has 0 spiro atoms. The van der Waals surface area contributed by atoms with Gasteiger partial charge in [0.2, 0.25) is 5.91 Å². The average molecular weight is 249 g/mol. The summed E-state index contributed by atoms with van der Waals surface area (Å²) in [6, 6.07) is 7.75. The van der Waals surface area contributed by atoms with Gasteiger partial charge in [0.1, 0.15) is 0 Å². The van der Waals surface area contributed by atoms with Gasteiger partial charge in [0.05, 0.1) is 0 Å². The fourth-order valence-corrected chi connectivity index (χ4v) is 1.78. The minimum Gasteiger partial charge on any atom is -0.479 e. The molecule has 0 aliphatic heterocycles. The highest BCUT2D eigenvalue weighted by molar-refractivity contribution is 5.85. The molecule has 18 heavy (non-hydrogen) atoms. The summed E-state index contributed by atoms with van der Waals surface area (Å²) >= 11 is 0. The zero-order valence-corrected chi connectivity index (χ0v) is 10.7. The van der Waals surface area contributed by atoms with Crippen LogP contribution in [-0.4, -0.2) is 17.0 Å². The average Bonchev–Trinajstić information content (AvgIpc) is 2.36. The predicted molar refractivity (Wildman–Crippen MR) is 69.0 cm³/mol. The molecule has 2 N–H and O–H groups in total. The van der Waals surface area contributed by atoms with Gasteiger partial charge in [-0.1, -0.05) is 50.6 Å². The highest BCUT2D eigenvalue weighted by Crippen LogP contribution is 2.14. The second-order valence-corrected chi connectivity index (χ2v) is 4.38. The van der Waals surface area contributed by atoms with Crippen molar-refractivity contribution in [3.8, 4) is 0 Å². The summed E-state index contributed by atoms with van der Waals surface area (Å²) < 4.78 is 0. The van der Waals surface area contributed by atoms with Crippen LogP contribution in [0.3, 0.4) is 0 Å². The molecule has 98 valence electrons. The third-order valence-electron chi connectivity index (χ3n) is 2.84.